The second kappa shape index (κ2) is 7.07. The largest absolute Gasteiger partial charge is 0.444 e. The van der Waals surface area contributed by atoms with Crippen LogP contribution in [-0.2, 0) is 15.9 Å². The Morgan fingerprint density at radius 2 is 2.36 bits per heavy atom. The van der Waals surface area contributed by atoms with Crippen LogP contribution in [0.4, 0.5) is 4.79 Å². The van der Waals surface area contributed by atoms with Gasteiger partial charge in [0.15, 0.2) is 0 Å². The SMILES string of the molecule is CC(C)(C)OC(=O)N1CCOCC1C(O)Cc1cccnc1. The fraction of sp³-hybridized carbons (Fsp3) is 0.625. The maximum absolute atomic E-state index is 12.3. The molecule has 1 aliphatic rings. The molecule has 1 fully saturated rings. The van der Waals surface area contributed by atoms with Crippen LogP contribution < -0.4 is 0 Å². The summed E-state index contributed by atoms with van der Waals surface area (Å²) in [6, 6.07) is 3.31. The highest BCUT2D eigenvalue weighted by Crippen LogP contribution is 2.18. The first kappa shape index (κ1) is 16.7. The van der Waals surface area contributed by atoms with Crippen LogP contribution in [0.25, 0.3) is 0 Å². The lowest BCUT2D eigenvalue weighted by molar-refractivity contribution is -0.0660. The van der Waals surface area contributed by atoms with E-state index in [1.54, 1.807) is 17.3 Å². The number of aromatic nitrogens is 1. The molecule has 1 aromatic rings. The Kier molecular flexibility index (Phi) is 5.37. The molecule has 2 unspecified atom stereocenters. The number of hydrogen-bond acceptors (Lipinski definition) is 5. The Morgan fingerprint density at radius 3 is 3.00 bits per heavy atom. The van der Waals surface area contributed by atoms with E-state index in [9.17, 15) is 9.90 Å². The average molecular weight is 308 g/mol. The van der Waals surface area contributed by atoms with Gasteiger partial charge in [0, 0.05) is 25.4 Å². The number of carbonyl (C=O) groups is 1. The zero-order valence-electron chi connectivity index (χ0n) is 13.4. The summed E-state index contributed by atoms with van der Waals surface area (Å²) in [5.41, 5.74) is 0.360. The van der Waals surface area contributed by atoms with Crippen molar-refractivity contribution in [3.63, 3.8) is 0 Å². The number of pyridine rings is 1. The molecule has 122 valence electrons. The molecule has 0 spiro atoms. The number of hydrogen-bond donors (Lipinski definition) is 1. The van der Waals surface area contributed by atoms with Crippen LogP contribution in [0.1, 0.15) is 26.3 Å². The van der Waals surface area contributed by atoms with Gasteiger partial charge in [0.05, 0.1) is 25.4 Å². The summed E-state index contributed by atoms with van der Waals surface area (Å²) >= 11 is 0. The standard InChI is InChI=1S/C16H24N2O4/c1-16(2,3)22-15(20)18-7-8-21-11-13(18)14(19)9-12-5-4-6-17-10-12/h4-6,10,13-14,19H,7-9,11H2,1-3H3. The summed E-state index contributed by atoms with van der Waals surface area (Å²) in [7, 11) is 0. The lowest BCUT2D eigenvalue weighted by atomic mass is 10.0. The lowest BCUT2D eigenvalue weighted by Gasteiger charge is -2.38. The molecular weight excluding hydrogens is 284 g/mol. The van der Waals surface area contributed by atoms with Crippen molar-refractivity contribution in [3.05, 3.63) is 30.1 Å². The minimum absolute atomic E-state index is 0.306. The molecule has 6 nitrogen and oxygen atoms in total. The van der Waals surface area contributed by atoms with E-state index < -0.39 is 23.8 Å². The average Bonchev–Trinajstić information content (AvgIpc) is 2.46. The predicted octanol–water partition coefficient (Wildman–Crippen LogP) is 1.62. The van der Waals surface area contributed by atoms with Crippen molar-refractivity contribution >= 4 is 6.09 Å². The van der Waals surface area contributed by atoms with Gasteiger partial charge >= 0.3 is 6.09 Å². The van der Waals surface area contributed by atoms with E-state index in [0.29, 0.717) is 26.2 Å². The first-order valence-electron chi connectivity index (χ1n) is 7.51. The Balaban J connectivity index is 2.04. The van der Waals surface area contributed by atoms with Crippen molar-refractivity contribution in [2.24, 2.45) is 0 Å². The van der Waals surface area contributed by atoms with Gasteiger partial charge in [0.2, 0.25) is 0 Å². The number of amides is 1. The zero-order valence-corrected chi connectivity index (χ0v) is 13.4. The monoisotopic (exact) mass is 308 g/mol. The van der Waals surface area contributed by atoms with E-state index in [2.05, 4.69) is 4.98 Å². The lowest BCUT2D eigenvalue weighted by Crippen LogP contribution is -2.55. The zero-order chi connectivity index (χ0) is 16.2. The Bertz CT molecular complexity index is 487. The molecule has 2 heterocycles. The fourth-order valence-electron chi connectivity index (χ4n) is 2.39. The van der Waals surface area contributed by atoms with Gasteiger partial charge in [-0.15, -0.1) is 0 Å². The van der Waals surface area contributed by atoms with Gasteiger partial charge < -0.3 is 14.6 Å². The van der Waals surface area contributed by atoms with E-state index in [1.165, 1.54) is 0 Å². The molecule has 1 saturated heterocycles. The van der Waals surface area contributed by atoms with E-state index >= 15 is 0 Å². The number of morpholine rings is 1. The summed E-state index contributed by atoms with van der Waals surface area (Å²) in [4.78, 5) is 17.9. The molecule has 1 amide bonds. The normalized spacial score (nSPS) is 20.5. The predicted molar refractivity (Wildman–Crippen MR) is 81.5 cm³/mol. The van der Waals surface area contributed by atoms with Gasteiger partial charge in [-0.1, -0.05) is 6.07 Å². The smallest absolute Gasteiger partial charge is 0.410 e. The quantitative estimate of drug-likeness (QED) is 0.918. The molecule has 0 bridgehead atoms. The third-order valence-corrected chi connectivity index (χ3v) is 3.41. The van der Waals surface area contributed by atoms with Crippen LogP contribution in [0.15, 0.2) is 24.5 Å². The Hall–Kier alpha value is -1.66. The third-order valence-electron chi connectivity index (χ3n) is 3.41. The van der Waals surface area contributed by atoms with Crippen molar-refractivity contribution in [1.29, 1.82) is 0 Å². The van der Waals surface area contributed by atoms with E-state index in [1.807, 2.05) is 32.9 Å². The number of aliphatic hydroxyl groups excluding tert-OH is 1. The summed E-state index contributed by atoms with van der Waals surface area (Å²) < 4.78 is 10.8. The molecule has 0 aliphatic carbocycles. The Labute approximate surface area is 131 Å². The maximum atomic E-state index is 12.3. The first-order chi connectivity index (χ1) is 10.4. The second-order valence-corrected chi connectivity index (χ2v) is 6.45. The number of nitrogens with zero attached hydrogens (tertiary/aromatic N) is 2. The van der Waals surface area contributed by atoms with Gasteiger partial charge in [-0.3, -0.25) is 9.88 Å². The molecule has 0 aromatic carbocycles. The van der Waals surface area contributed by atoms with Crippen molar-refractivity contribution in [1.82, 2.24) is 9.88 Å². The molecule has 0 saturated carbocycles. The van der Waals surface area contributed by atoms with E-state index in [4.69, 9.17) is 9.47 Å². The summed E-state index contributed by atoms with van der Waals surface area (Å²) in [6.45, 7) is 6.66. The molecule has 0 radical (unpaired) electrons. The van der Waals surface area contributed by atoms with Crippen molar-refractivity contribution in [2.45, 2.75) is 44.9 Å². The van der Waals surface area contributed by atoms with Crippen LogP contribution in [0.5, 0.6) is 0 Å². The summed E-state index contributed by atoms with van der Waals surface area (Å²) in [5, 5.41) is 10.5. The van der Waals surface area contributed by atoms with E-state index in [0.717, 1.165) is 5.56 Å². The highest BCUT2D eigenvalue weighted by atomic mass is 16.6. The number of aliphatic hydroxyl groups is 1. The molecule has 1 aromatic heterocycles. The summed E-state index contributed by atoms with van der Waals surface area (Å²) in [6.07, 6.45) is 2.68. The van der Waals surface area contributed by atoms with Gasteiger partial charge in [0.1, 0.15) is 5.60 Å². The minimum Gasteiger partial charge on any atom is -0.444 e. The number of rotatable bonds is 3. The van der Waals surface area contributed by atoms with Gasteiger partial charge in [-0.25, -0.2) is 4.79 Å². The molecule has 2 atom stereocenters. The number of ether oxygens (including phenoxy) is 2. The molecule has 1 aliphatic heterocycles. The first-order valence-corrected chi connectivity index (χ1v) is 7.51. The maximum Gasteiger partial charge on any atom is 0.410 e. The van der Waals surface area contributed by atoms with Gasteiger partial charge in [0.25, 0.3) is 0 Å². The Morgan fingerprint density at radius 1 is 1.59 bits per heavy atom. The topological polar surface area (TPSA) is 71.9 Å². The van der Waals surface area contributed by atoms with Crippen molar-refractivity contribution in [3.8, 4) is 0 Å². The third kappa shape index (κ3) is 4.68. The van der Waals surface area contributed by atoms with Crippen LogP contribution in [0.3, 0.4) is 0 Å². The summed E-state index contributed by atoms with van der Waals surface area (Å²) in [5.74, 6) is 0. The molecule has 6 heteroatoms. The van der Waals surface area contributed by atoms with E-state index in [-0.39, 0.29) is 0 Å². The fourth-order valence-corrected chi connectivity index (χ4v) is 2.39. The van der Waals surface area contributed by atoms with Gasteiger partial charge in [-0.2, -0.15) is 0 Å². The minimum atomic E-state index is -0.725. The molecular formula is C16H24N2O4. The molecule has 2 rings (SSSR count). The van der Waals surface area contributed by atoms with Crippen LogP contribution >= 0.6 is 0 Å². The van der Waals surface area contributed by atoms with Crippen LogP contribution in [0.2, 0.25) is 0 Å². The molecule has 1 N–H and O–H groups in total. The van der Waals surface area contributed by atoms with Gasteiger partial charge in [-0.05, 0) is 32.4 Å². The van der Waals surface area contributed by atoms with Crippen LogP contribution in [0, 0.1) is 0 Å². The van der Waals surface area contributed by atoms with Crippen LogP contribution in [-0.4, -0.2) is 58.6 Å². The second-order valence-electron chi connectivity index (χ2n) is 6.45. The molecule has 22 heavy (non-hydrogen) atoms. The highest BCUT2D eigenvalue weighted by Gasteiger charge is 2.35. The van der Waals surface area contributed by atoms with Crippen molar-refractivity contribution in [2.75, 3.05) is 19.8 Å². The highest BCUT2D eigenvalue weighted by molar-refractivity contribution is 5.68. The van der Waals surface area contributed by atoms with Crippen molar-refractivity contribution < 1.29 is 19.4 Å². The number of carbonyl (C=O) groups excluding carboxylic acids is 1.